The average Bonchev–Trinajstić information content (AvgIpc) is 2.74. The molecule has 2 aromatic carbocycles. The zero-order valence-electron chi connectivity index (χ0n) is 18.1. The molecule has 31 heavy (non-hydrogen) atoms. The Morgan fingerprint density at radius 3 is 2.19 bits per heavy atom. The highest BCUT2D eigenvalue weighted by Gasteiger charge is 2.33. The van der Waals surface area contributed by atoms with E-state index in [1.165, 1.54) is 4.31 Å². The standard InChI is InChI=1S/C15H21NO4S.C8H9NO/c1-11(2)12-5-7-14(8-6-12)21(19,20)16-9-3-4-13(10-16)15(17)18;1-6-4-2-3-5-7(6)8(9)10/h5-8,11,13H,3-4,9-10H2,1-2H3,(H,17,18);2-5H,1H3,(H2,9,10). The number of benzene rings is 2. The topological polar surface area (TPSA) is 118 Å². The lowest BCUT2D eigenvalue weighted by atomic mass is 10.0. The highest BCUT2D eigenvalue weighted by Crippen LogP contribution is 2.25. The van der Waals surface area contributed by atoms with Gasteiger partial charge in [0.1, 0.15) is 0 Å². The number of carbonyl (C=O) groups is 2. The summed E-state index contributed by atoms with van der Waals surface area (Å²) in [4.78, 5) is 21.9. The van der Waals surface area contributed by atoms with Gasteiger partial charge in [0, 0.05) is 18.7 Å². The van der Waals surface area contributed by atoms with Crippen LogP contribution in [0.5, 0.6) is 0 Å². The van der Waals surface area contributed by atoms with Crippen LogP contribution in [0.25, 0.3) is 0 Å². The van der Waals surface area contributed by atoms with Crippen molar-refractivity contribution in [3.63, 3.8) is 0 Å². The van der Waals surface area contributed by atoms with Crippen LogP contribution in [0.15, 0.2) is 53.4 Å². The van der Waals surface area contributed by atoms with Crippen molar-refractivity contribution in [3.05, 3.63) is 65.2 Å². The van der Waals surface area contributed by atoms with Gasteiger partial charge >= 0.3 is 5.97 Å². The number of hydrogen-bond donors (Lipinski definition) is 2. The molecule has 8 heteroatoms. The van der Waals surface area contributed by atoms with E-state index in [0.29, 0.717) is 30.9 Å². The molecule has 0 radical (unpaired) electrons. The summed E-state index contributed by atoms with van der Waals surface area (Å²) in [5.74, 6) is -1.56. The third-order valence-corrected chi connectivity index (χ3v) is 7.21. The number of primary amides is 1. The summed E-state index contributed by atoms with van der Waals surface area (Å²) in [6.07, 6.45) is 1.12. The van der Waals surface area contributed by atoms with Gasteiger partial charge in [0.05, 0.1) is 10.8 Å². The fraction of sp³-hybridized carbons (Fsp3) is 0.391. The van der Waals surface area contributed by atoms with E-state index in [9.17, 15) is 18.0 Å². The lowest BCUT2D eigenvalue weighted by Crippen LogP contribution is -2.42. The number of nitrogens with two attached hydrogens (primary N) is 1. The van der Waals surface area contributed by atoms with Gasteiger partial charge in [-0.25, -0.2) is 8.42 Å². The van der Waals surface area contributed by atoms with Gasteiger partial charge in [-0.1, -0.05) is 44.2 Å². The van der Waals surface area contributed by atoms with E-state index in [-0.39, 0.29) is 17.3 Å². The number of aliphatic carboxylic acids is 1. The van der Waals surface area contributed by atoms with Gasteiger partial charge in [-0.3, -0.25) is 9.59 Å². The number of hydrogen-bond acceptors (Lipinski definition) is 4. The summed E-state index contributed by atoms with van der Waals surface area (Å²) in [5, 5.41) is 9.07. The van der Waals surface area contributed by atoms with Crippen LogP contribution in [0.3, 0.4) is 0 Å². The van der Waals surface area contributed by atoms with Crippen LogP contribution < -0.4 is 5.73 Å². The third kappa shape index (κ3) is 6.38. The molecule has 0 bridgehead atoms. The van der Waals surface area contributed by atoms with Crippen molar-refractivity contribution in [2.45, 2.75) is 44.4 Å². The smallest absolute Gasteiger partial charge is 0.307 e. The molecule has 1 unspecified atom stereocenters. The zero-order valence-corrected chi connectivity index (χ0v) is 18.9. The summed E-state index contributed by atoms with van der Waals surface area (Å²) in [6.45, 7) is 6.40. The minimum atomic E-state index is -3.60. The van der Waals surface area contributed by atoms with Crippen molar-refractivity contribution >= 4 is 21.9 Å². The Balaban J connectivity index is 0.000000285. The van der Waals surface area contributed by atoms with Crippen LogP contribution in [0.2, 0.25) is 0 Å². The first-order valence-electron chi connectivity index (χ1n) is 10.2. The SMILES string of the molecule is CC(C)c1ccc(S(=O)(=O)N2CCCC(C(=O)O)C2)cc1.Cc1ccccc1C(N)=O. The Morgan fingerprint density at radius 2 is 1.71 bits per heavy atom. The van der Waals surface area contributed by atoms with Crippen LogP contribution in [0.1, 0.15) is 54.1 Å². The molecule has 1 atom stereocenters. The number of carboxylic acids is 1. The number of rotatable bonds is 5. The second kappa shape index (κ2) is 10.5. The Hall–Kier alpha value is -2.71. The third-order valence-electron chi connectivity index (χ3n) is 5.33. The fourth-order valence-electron chi connectivity index (χ4n) is 3.39. The summed E-state index contributed by atoms with van der Waals surface area (Å²) >= 11 is 0. The minimum absolute atomic E-state index is 0.0591. The molecular weight excluding hydrogens is 416 g/mol. The van der Waals surface area contributed by atoms with Crippen LogP contribution in [0, 0.1) is 12.8 Å². The molecule has 1 fully saturated rings. The van der Waals surface area contributed by atoms with Crippen LogP contribution in [-0.2, 0) is 14.8 Å². The molecular formula is C23H30N2O5S. The Labute approximate surface area is 183 Å². The molecule has 1 amide bonds. The maximum absolute atomic E-state index is 12.6. The van der Waals surface area contributed by atoms with Crippen molar-refractivity contribution in [2.75, 3.05) is 13.1 Å². The molecule has 0 aliphatic carbocycles. The Bertz CT molecular complexity index is 1020. The number of piperidine rings is 1. The average molecular weight is 447 g/mol. The van der Waals surface area contributed by atoms with Gasteiger partial charge in [-0.15, -0.1) is 0 Å². The van der Waals surface area contributed by atoms with Crippen LogP contribution in [-0.4, -0.2) is 42.8 Å². The second-order valence-corrected chi connectivity index (χ2v) is 9.88. The Morgan fingerprint density at radius 1 is 1.10 bits per heavy atom. The van der Waals surface area contributed by atoms with Crippen molar-refractivity contribution in [1.29, 1.82) is 0 Å². The lowest BCUT2D eigenvalue weighted by Gasteiger charge is -2.29. The van der Waals surface area contributed by atoms with E-state index in [4.69, 9.17) is 10.8 Å². The van der Waals surface area contributed by atoms with E-state index in [2.05, 4.69) is 0 Å². The van der Waals surface area contributed by atoms with Crippen LogP contribution in [0.4, 0.5) is 0 Å². The van der Waals surface area contributed by atoms with E-state index in [1.807, 2.05) is 45.0 Å². The van der Waals surface area contributed by atoms with Crippen LogP contribution >= 0.6 is 0 Å². The summed E-state index contributed by atoms with van der Waals surface area (Å²) in [5.41, 5.74) is 7.68. The summed E-state index contributed by atoms with van der Waals surface area (Å²) < 4.78 is 26.4. The van der Waals surface area contributed by atoms with Crippen molar-refractivity contribution in [3.8, 4) is 0 Å². The summed E-state index contributed by atoms with van der Waals surface area (Å²) in [7, 11) is -3.60. The van der Waals surface area contributed by atoms with Gasteiger partial charge < -0.3 is 10.8 Å². The first-order chi connectivity index (χ1) is 14.5. The van der Waals surface area contributed by atoms with Gasteiger partial charge in [0.2, 0.25) is 15.9 Å². The monoisotopic (exact) mass is 446 g/mol. The molecule has 3 N–H and O–H groups in total. The van der Waals surface area contributed by atoms with Gasteiger partial charge in [0.25, 0.3) is 0 Å². The van der Waals surface area contributed by atoms with E-state index >= 15 is 0 Å². The van der Waals surface area contributed by atoms with E-state index < -0.39 is 21.9 Å². The maximum atomic E-state index is 12.6. The number of aryl methyl sites for hydroxylation is 1. The second-order valence-electron chi connectivity index (χ2n) is 7.94. The molecule has 1 saturated heterocycles. The Kier molecular flexibility index (Phi) is 8.36. The normalized spacial score (nSPS) is 17.0. The predicted molar refractivity (Wildman–Crippen MR) is 119 cm³/mol. The van der Waals surface area contributed by atoms with Crippen molar-refractivity contribution in [2.24, 2.45) is 11.7 Å². The maximum Gasteiger partial charge on any atom is 0.307 e. The molecule has 1 aliphatic heterocycles. The molecule has 1 heterocycles. The van der Waals surface area contributed by atoms with Gasteiger partial charge in [-0.2, -0.15) is 4.31 Å². The van der Waals surface area contributed by atoms with E-state index in [0.717, 1.165) is 11.1 Å². The molecule has 0 aromatic heterocycles. The lowest BCUT2D eigenvalue weighted by molar-refractivity contribution is -0.142. The molecule has 0 spiro atoms. The molecule has 0 saturated carbocycles. The fourth-order valence-corrected chi connectivity index (χ4v) is 4.91. The molecule has 2 aromatic rings. The first-order valence-corrected chi connectivity index (χ1v) is 11.7. The van der Waals surface area contributed by atoms with Crippen molar-refractivity contribution < 1.29 is 23.1 Å². The minimum Gasteiger partial charge on any atom is -0.481 e. The molecule has 168 valence electrons. The number of amides is 1. The number of carboxylic acid groups (broad SMARTS) is 1. The molecule has 1 aliphatic rings. The molecule has 3 rings (SSSR count). The quantitative estimate of drug-likeness (QED) is 0.730. The largest absolute Gasteiger partial charge is 0.481 e. The number of sulfonamides is 1. The zero-order chi connectivity index (χ0) is 23.2. The first kappa shape index (κ1) is 24.6. The highest BCUT2D eigenvalue weighted by molar-refractivity contribution is 7.89. The highest BCUT2D eigenvalue weighted by atomic mass is 32.2. The number of carbonyl (C=O) groups excluding carboxylic acids is 1. The number of nitrogens with zero attached hydrogens (tertiary/aromatic N) is 1. The van der Waals surface area contributed by atoms with Crippen molar-refractivity contribution in [1.82, 2.24) is 4.31 Å². The van der Waals surface area contributed by atoms with Gasteiger partial charge in [-0.05, 0) is 55.0 Å². The predicted octanol–water partition coefficient (Wildman–Crippen LogP) is 3.39. The molecule has 7 nitrogen and oxygen atoms in total. The summed E-state index contributed by atoms with van der Waals surface area (Å²) in [6, 6.07) is 14.1. The van der Waals surface area contributed by atoms with Gasteiger partial charge in [0.15, 0.2) is 0 Å². The van der Waals surface area contributed by atoms with E-state index in [1.54, 1.807) is 24.3 Å².